The predicted octanol–water partition coefficient (Wildman–Crippen LogP) is 1.98. The molecule has 1 aromatic heterocycles. The Bertz CT molecular complexity index is 928. The minimum atomic E-state index is -3.70. The number of carbonyl (C=O) groups excluding carboxylic acids is 1. The van der Waals surface area contributed by atoms with E-state index in [1.807, 2.05) is 0 Å². The van der Waals surface area contributed by atoms with E-state index in [4.69, 9.17) is 5.73 Å². The number of benzene rings is 2. The van der Waals surface area contributed by atoms with Crippen LogP contribution in [0, 0.1) is 0 Å². The standard InChI is InChI=1S/C15H12N2O3S/c16-15(18)12-7-6-11-8-9-17(14(11)10-12)21(19,20)13-4-2-1-3-5-13/h1-10H,(H2,16,18). The third-order valence-electron chi connectivity index (χ3n) is 3.24. The minimum absolute atomic E-state index is 0.187. The van der Waals surface area contributed by atoms with Crippen molar-refractivity contribution in [1.29, 1.82) is 0 Å². The molecule has 1 heterocycles. The molecule has 0 atom stereocenters. The summed E-state index contributed by atoms with van der Waals surface area (Å²) >= 11 is 0. The smallest absolute Gasteiger partial charge is 0.268 e. The molecule has 0 fully saturated rings. The van der Waals surface area contributed by atoms with Gasteiger partial charge in [0.2, 0.25) is 5.91 Å². The van der Waals surface area contributed by atoms with E-state index in [9.17, 15) is 13.2 Å². The molecule has 0 aliphatic heterocycles. The number of hydrogen-bond donors (Lipinski definition) is 1. The van der Waals surface area contributed by atoms with E-state index in [0.717, 1.165) is 9.36 Å². The Morgan fingerprint density at radius 2 is 1.71 bits per heavy atom. The van der Waals surface area contributed by atoms with Crippen LogP contribution in [0.4, 0.5) is 0 Å². The lowest BCUT2D eigenvalue weighted by atomic mass is 10.1. The first-order chi connectivity index (χ1) is 10.00. The fourth-order valence-corrected chi connectivity index (χ4v) is 3.54. The highest BCUT2D eigenvalue weighted by atomic mass is 32.2. The van der Waals surface area contributed by atoms with Gasteiger partial charge in [0.15, 0.2) is 0 Å². The lowest BCUT2D eigenvalue weighted by Crippen LogP contribution is -2.13. The molecule has 0 spiro atoms. The second-order valence-electron chi connectivity index (χ2n) is 4.57. The quantitative estimate of drug-likeness (QED) is 0.803. The normalized spacial score (nSPS) is 11.6. The second kappa shape index (κ2) is 4.75. The van der Waals surface area contributed by atoms with Gasteiger partial charge < -0.3 is 5.73 Å². The van der Waals surface area contributed by atoms with Gasteiger partial charge in [-0.3, -0.25) is 4.79 Å². The van der Waals surface area contributed by atoms with Crippen LogP contribution in [0.5, 0.6) is 0 Å². The summed E-state index contributed by atoms with van der Waals surface area (Å²) in [5, 5.41) is 0.722. The third-order valence-corrected chi connectivity index (χ3v) is 4.95. The Morgan fingerprint density at radius 3 is 2.38 bits per heavy atom. The number of hydrogen-bond acceptors (Lipinski definition) is 3. The van der Waals surface area contributed by atoms with Gasteiger partial charge in [-0.2, -0.15) is 0 Å². The molecule has 0 aliphatic carbocycles. The maximum absolute atomic E-state index is 12.6. The van der Waals surface area contributed by atoms with E-state index in [1.165, 1.54) is 24.4 Å². The molecule has 2 aromatic carbocycles. The highest BCUT2D eigenvalue weighted by molar-refractivity contribution is 7.90. The summed E-state index contributed by atoms with van der Waals surface area (Å²) in [7, 11) is -3.70. The maximum Gasteiger partial charge on any atom is 0.268 e. The first kappa shape index (κ1) is 13.4. The molecule has 106 valence electrons. The lowest BCUT2D eigenvalue weighted by Gasteiger charge is -2.08. The highest BCUT2D eigenvalue weighted by Gasteiger charge is 2.18. The predicted molar refractivity (Wildman–Crippen MR) is 79.5 cm³/mol. The van der Waals surface area contributed by atoms with Crippen molar-refractivity contribution in [2.45, 2.75) is 4.90 Å². The van der Waals surface area contributed by atoms with E-state index in [-0.39, 0.29) is 10.5 Å². The summed E-state index contributed by atoms with van der Waals surface area (Å²) in [4.78, 5) is 11.4. The molecular formula is C15H12N2O3S. The van der Waals surface area contributed by atoms with Gasteiger partial charge in [-0.25, -0.2) is 12.4 Å². The van der Waals surface area contributed by atoms with Crippen LogP contribution in [-0.2, 0) is 10.0 Å². The number of primary amides is 1. The third kappa shape index (κ3) is 2.19. The van der Waals surface area contributed by atoms with Crippen LogP contribution in [0.2, 0.25) is 0 Å². The molecule has 0 saturated heterocycles. The number of fused-ring (bicyclic) bond motifs is 1. The van der Waals surface area contributed by atoms with Gasteiger partial charge in [-0.05, 0) is 30.3 Å². The lowest BCUT2D eigenvalue weighted by molar-refractivity contribution is 0.100. The van der Waals surface area contributed by atoms with Gasteiger partial charge >= 0.3 is 0 Å². The Morgan fingerprint density at radius 1 is 1.00 bits per heavy atom. The Kier molecular flexibility index (Phi) is 3.03. The van der Waals surface area contributed by atoms with Gasteiger partial charge in [-0.1, -0.05) is 24.3 Å². The summed E-state index contributed by atoms with van der Waals surface area (Å²) < 4.78 is 26.4. The van der Waals surface area contributed by atoms with Crippen LogP contribution in [0.15, 0.2) is 65.7 Å². The van der Waals surface area contributed by atoms with Crippen LogP contribution in [0.3, 0.4) is 0 Å². The average Bonchev–Trinajstić information content (AvgIpc) is 2.91. The van der Waals surface area contributed by atoms with Gasteiger partial charge in [-0.15, -0.1) is 0 Å². The summed E-state index contributed by atoms with van der Waals surface area (Å²) in [5.41, 5.74) is 5.94. The van der Waals surface area contributed by atoms with Crippen LogP contribution in [0.1, 0.15) is 10.4 Å². The van der Waals surface area contributed by atoms with Gasteiger partial charge in [0.1, 0.15) is 0 Å². The Labute approximate surface area is 121 Å². The maximum atomic E-state index is 12.6. The summed E-state index contributed by atoms with van der Waals surface area (Å²) in [6, 6.07) is 14.5. The van der Waals surface area contributed by atoms with Crippen molar-refractivity contribution in [3.05, 3.63) is 66.4 Å². The molecule has 3 aromatic rings. The van der Waals surface area contributed by atoms with E-state index < -0.39 is 15.9 Å². The molecule has 0 unspecified atom stereocenters. The van der Waals surface area contributed by atoms with Crippen molar-refractivity contribution in [2.24, 2.45) is 5.73 Å². The number of carbonyl (C=O) groups is 1. The van der Waals surface area contributed by atoms with E-state index >= 15 is 0 Å². The molecule has 5 nitrogen and oxygen atoms in total. The van der Waals surface area contributed by atoms with Crippen LogP contribution in [0.25, 0.3) is 10.9 Å². The molecular weight excluding hydrogens is 288 g/mol. The number of rotatable bonds is 3. The average molecular weight is 300 g/mol. The van der Waals surface area contributed by atoms with Crippen molar-refractivity contribution in [2.75, 3.05) is 0 Å². The van der Waals surface area contributed by atoms with Crippen molar-refractivity contribution in [3.63, 3.8) is 0 Å². The monoisotopic (exact) mass is 300 g/mol. The van der Waals surface area contributed by atoms with Crippen molar-refractivity contribution in [3.8, 4) is 0 Å². The first-order valence-corrected chi connectivity index (χ1v) is 7.66. The largest absolute Gasteiger partial charge is 0.366 e. The zero-order valence-corrected chi connectivity index (χ0v) is 11.7. The molecule has 0 aliphatic rings. The van der Waals surface area contributed by atoms with Crippen molar-refractivity contribution >= 4 is 26.8 Å². The second-order valence-corrected chi connectivity index (χ2v) is 6.38. The highest BCUT2D eigenvalue weighted by Crippen LogP contribution is 2.23. The minimum Gasteiger partial charge on any atom is -0.366 e. The first-order valence-electron chi connectivity index (χ1n) is 6.22. The topological polar surface area (TPSA) is 82.2 Å². The number of amides is 1. The molecule has 3 rings (SSSR count). The molecule has 2 N–H and O–H groups in total. The van der Waals surface area contributed by atoms with Crippen LogP contribution < -0.4 is 5.73 Å². The van der Waals surface area contributed by atoms with Gasteiger partial charge in [0, 0.05) is 17.1 Å². The van der Waals surface area contributed by atoms with Crippen molar-refractivity contribution < 1.29 is 13.2 Å². The van der Waals surface area contributed by atoms with E-state index in [2.05, 4.69) is 0 Å². The molecule has 6 heteroatoms. The van der Waals surface area contributed by atoms with Crippen LogP contribution in [-0.4, -0.2) is 18.3 Å². The zero-order valence-electron chi connectivity index (χ0n) is 10.9. The van der Waals surface area contributed by atoms with Gasteiger partial charge in [0.25, 0.3) is 10.0 Å². The summed E-state index contributed by atoms with van der Waals surface area (Å²) in [5.74, 6) is -0.596. The molecule has 0 saturated carbocycles. The molecule has 1 amide bonds. The zero-order chi connectivity index (χ0) is 15.0. The van der Waals surface area contributed by atoms with E-state index in [1.54, 1.807) is 36.4 Å². The number of nitrogens with two attached hydrogens (primary N) is 1. The van der Waals surface area contributed by atoms with E-state index in [0.29, 0.717) is 5.52 Å². The SMILES string of the molecule is NC(=O)c1ccc2ccn(S(=O)(=O)c3ccccc3)c2c1. The summed E-state index contributed by atoms with van der Waals surface area (Å²) in [6.07, 6.45) is 1.47. The van der Waals surface area contributed by atoms with Crippen LogP contribution >= 0.6 is 0 Å². The number of nitrogens with zero attached hydrogens (tertiary/aromatic N) is 1. The number of aromatic nitrogens is 1. The fourth-order valence-electron chi connectivity index (χ4n) is 2.17. The summed E-state index contributed by atoms with van der Waals surface area (Å²) in [6.45, 7) is 0. The Hall–Kier alpha value is -2.60. The Balaban J connectivity index is 2.26. The fraction of sp³-hybridized carbons (Fsp3) is 0. The molecule has 0 radical (unpaired) electrons. The molecule has 21 heavy (non-hydrogen) atoms. The van der Waals surface area contributed by atoms with Crippen molar-refractivity contribution in [1.82, 2.24) is 3.97 Å². The molecule has 0 bridgehead atoms. The van der Waals surface area contributed by atoms with Gasteiger partial charge in [0.05, 0.1) is 10.4 Å².